The summed E-state index contributed by atoms with van der Waals surface area (Å²) in [5, 5.41) is 16.6. The molecule has 0 heterocycles. The third-order valence-corrected chi connectivity index (χ3v) is 3.73. The zero-order valence-electron chi connectivity index (χ0n) is 11.9. The Bertz CT molecular complexity index is 738. The number of hydrogen-bond acceptors (Lipinski definition) is 3. The van der Waals surface area contributed by atoms with Gasteiger partial charge in [-0.25, -0.2) is 4.79 Å². The van der Waals surface area contributed by atoms with E-state index in [0.29, 0.717) is 18.0 Å². The van der Waals surface area contributed by atoms with Crippen molar-refractivity contribution in [1.82, 2.24) is 5.32 Å². The van der Waals surface area contributed by atoms with Gasteiger partial charge < -0.3 is 10.6 Å². The van der Waals surface area contributed by atoms with Gasteiger partial charge in [-0.2, -0.15) is 0 Å². The minimum Gasteiger partial charge on any atom is -0.338 e. The van der Waals surface area contributed by atoms with E-state index in [4.69, 9.17) is 23.2 Å². The molecule has 0 spiro atoms. The molecule has 0 unspecified atom stereocenters. The van der Waals surface area contributed by atoms with Crippen LogP contribution in [0.15, 0.2) is 42.5 Å². The molecule has 0 bridgehead atoms. The maximum atomic E-state index is 11.8. The number of nitro benzene ring substituents is 1. The molecular formula is C15H13Cl2N3O3. The van der Waals surface area contributed by atoms with Crippen LogP contribution in [0.3, 0.4) is 0 Å². The van der Waals surface area contributed by atoms with Crippen molar-refractivity contribution in [2.75, 3.05) is 11.9 Å². The number of urea groups is 1. The van der Waals surface area contributed by atoms with Gasteiger partial charge in [0.15, 0.2) is 0 Å². The fourth-order valence-corrected chi connectivity index (χ4v) is 2.33. The monoisotopic (exact) mass is 353 g/mol. The predicted octanol–water partition coefficient (Wildman–Crippen LogP) is 4.27. The molecule has 0 aliphatic carbocycles. The van der Waals surface area contributed by atoms with Crippen molar-refractivity contribution in [2.24, 2.45) is 0 Å². The summed E-state index contributed by atoms with van der Waals surface area (Å²) in [6, 6.07) is 11.0. The summed E-state index contributed by atoms with van der Waals surface area (Å²) in [6.07, 6.45) is 0.577. The van der Waals surface area contributed by atoms with Gasteiger partial charge in [-0.15, -0.1) is 0 Å². The van der Waals surface area contributed by atoms with E-state index in [2.05, 4.69) is 10.6 Å². The van der Waals surface area contributed by atoms with Crippen molar-refractivity contribution < 1.29 is 9.72 Å². The summed E-state index contributed by atoms with van der Waals surface area (Å²) in [5.74, 6) is 0. The van der Waals surface area contributed by atoms with E-state index in [1.165, 1.54) is 18.2 Å². The van der Waals surface area contributed by atoms with Crippen LogP contribution in [0.1, 0.15) is 5.56 Å². The van der Waals surface area contributed by atoms with Crippen molar-refractivity contribution in [3.63, 3.8) is 0 Å². The summed E-state index contributed by atoms with van der Waals surface area (Å²) in [5.41, 5.74) is 0.952. The number of hydrogen-bond donors (Lipinski definition) is 2. The first-order valence-corrected chi connectivity index (χ1v) is 7.45. The van der Waals surface area contributed by atoms with E-state index in [0.717, 1.165) is 5.56 Å². The van der Waals surface area contributed by atoms with E-state index >= 15 is 0 Å². The predicted molar refractivity (Wildman–Crippen MR) is 90.3 cm³/mol. The number of halogens is 2. The standard InChI is InChI=1S/C15H13Cl2N3O3/c16-12-4-2-1-3-10(12)7-8-18-15(21)19-11-5-6-13(17)14(9-11)20(22)23/h1-6,9H,7-8H2,(H2,18,19,21). The molecule has 0 saturated carbocycles. The van der Waals surface area contributed by atoms with Crippen molar-refractivity contribution in [3.8, 4) is 0 Å². The van der Waals surface area contributed by atoms with Crippen LogP contribution in [-0.2, 0) is 6.42 Å². The highest BCUT2D eigenvalue weighted by atomic mass is 35.5. The lowest BCUT2D eigenvalue weighted by molar-refractivity contribution is -0.384. The first-order valence-electron chi connectivity index (χ1n) is 6.69. The van der Waals surface area contributed by atoms with Crippen LogP contribution in [-0.4, -0.2) is 17.5 Å². The summed E-state index contributed by atoms with van der Waals surface area (Å²) < 4.78 is 0. The highest BCUT2D eigenvalue weighted by Gasteiger charge is 2.13. The molecule has 0 fully saturated rings. The molecule has 0 aromatic heterocycles. The van der Waals surface area contributed by atoms with Gasteiger partial charge in [-0.1, -0.05) is 41.4 Å². The molecule has 0 radical (unpaired) electrons. The molecule has 2 aromatic carbocycles. The van der Waals surface area contributed by atoms with Crippen molar-refractivity contribution in [3.05, 3.63) is 68.2 Å². The number of nitro groups is 1. The number of nitrogens with one attached hydrogen (secondary N) is 2. The summed E-state index contributed by atoms with van der Waals surface area (Å²) in [7, 11) is 0. The van der Waals surface area contributed by atoms with Crippen LogP contribution in [0, 0.1) is 10.1 Å². The van der Waals surface area contributed by atoms with Gasteiger partial charge in [0.1, 0.15) is 5.02 Å². The summed E-state index contributed by atoms with van der Waals surface area (Å²) in [4.78, 5) is 22.0. The maximum Gasteiger partial charge on any atom is 0.319 e. The number of rotatable bonds is 5. The number of amides is 2. The van der Waals surface area contributed by atoms with E-state index in [9.17, 15) is 14.9 Å². The largest absolute Gasteiger partial charge is 0.338 e. The average Bonchev–Trinajstić information content (AvgIpc) is 2.51. The van der Waals surface area contributed by atoms with Gasteiger partial charge in [0.25, 0.3) is 5.69 Å². The fourth-order valence-electron chi connectivity index (χ4n) is 1.92. The van der Waals surface area contributed by atoms with Crippen LogP contribution in [0.2, 0.25) is 10.0 Å². The molecule has 0 atom stereocenters. The zero-order valence-corrected chi connectivity index (χ0v) is 13.4. The summed E-state index contributed by atoms with van der Waals surface area (Å²) in [6.45, 7) is 0.380. The first kappa shape index (κ1) is 17.1. The van der Waals surface area contributed by atoms with Crippen LogP contribution in [0.25, 0.3) is 0 Å². The number of benzene rings is 2. The highest BCUT2D eigenvalue weighted by molar-refractivity contribution is 6.32. The molecule has 2 rings (SSSR count). The first-order chi connectivity index (χ1) is 11.0. The normalized spacial score (nSPS) is 10.2. The highest BCUT2D eigenvalue weighted by Crippen LogP contribution is 2.27. The van der Waals surface area contributed by atoms with Gasteiger partial charge in [0, 0.05) is 23.3 Å². The third kappa shape index (κ3) is 4.84. The van der Waals surface area contributed by atoms with Crippen molar-refractivity contribution >= 4 is 40.6 Å². The SMILES string of the molecule is O=C(NCCc1ccccc1Cl)Nc1ccc(Cl)c([N+](=O)[O-])c1. The second-order valence-corrected chi connectivity index (χ2v) is 5.46. The topological polar surface area (TPSA) is 84.3 Å². The molecule has 23 heavy (non-hydrogen) atoms. The number of nitrogens with zero attached hydrogens (tertiary/aromatic N) is 1. The second-order valence-electron chi connectivity index (χ2n) is 4.65. The smallest absolute Gasteiger partial charge is 0.319 e. The Hall–Kier alpha value is -2.31. The van der Waals surface area contributed by atoms with Crippen LogP contribution in [0.5, 0.6) is 0 Å². The Kier molecular flexibility index (Phi) is 5.78. The quantitative estimate of drug-likeness (QED) is 0.621. The molecule has 120 valence electrons. The molecule has 6 nitrogen and oxygen atoms in total. The van der Waals surface area contributed by atoms with E-state index in [-0.39, 0.29) is 16.4 Å². The molecule has 2 aromatic rings. The van der Waals surface area contributed by atoms with Crippen LogP contribution < -0.4 is 10.6 Å². The Labute approximate surface area is 142 Å². The van der Waals surface area contributed by atoms with Crippen LogP contribution in [0.4, 0.5) is 16.2 Å². The third-order valence-electron chi connectivity index (χ3n) is 3.04. The van der Waals surface area contributed by atoms with Gasteiger partial charge in [0.2, 0.25) is 0 Å². The zero-order chi connectivity index (χ0) is 16.8. The van der Waals surface area contributed by atoms with Crippen LogP contribution >= 0.6 is 23.2 Å². The summed E-state index contributed by atoms with van der Waals surface area (Å²) >= 11 is 11.7. The fraction of sp³-hybridized carbons (Fsp3) is 0.133. The molecule has 0 aliphatic rings. The molecule has 0 saturated heterocycles. The number of anilines is 1. The van der Waals surface area contributed by atoms with Crippen molar-refractivity contribution in [2.45, 2.75) is 6.42 Å². The lowest BCUT2D eigenvalue weighted by atomic mass is 10.1. The maximum absolute atomic E-state index is 11.8. The minimum absolute atomic E-state index is 0.0136. The van der Waals surface area contributed by atoms with Gasteiger partial charge >= 0.3 is 6.03 Å². The number of carbonyl (C=O) groups is 1. The lowest BCUT2D eigenvalue weighted by Crippen LogP contribution is -2.30. The van der Waals surface area contributed by atoms with E-state index in [1.807, 2.05) is 18.2 Å². The molecule has 2 amide bonds. The van der Waals surface area contributed by atoms with Gasteiger partial charge in [-0.3, -0.25) is 10.1 Å². The average molecular weight is 354 g/mol. The van der Waals surface area contributed by atoms with Gasteiger partial charge in [-0.05, 0) is 30.2 Å². The van der Waals surface area contributed by atoms with Gasteiger partial charge in [0.05, 0.1) is 4.92 Å². The Morgan fingerprint density at radius 2 is 1.87 bits per heavy atom. The molecule has 8 heteroatoms. The Morgan fingerprint density at radius 3 is 2.57 bits per heavy atom. The lowest BCUT2D eigenvalue weighted by Gasteiger charge is -2.08. The van der Waals surface area contributed by atoms with E-state index in [1.54, 1.807) is 6.07 Å². The minimum atomic E-state index is -0.608. The molecule has 0 aliphatic heterocycles. The second kappa shape index (κ2) is 7.80. The van der Waals surface area contributed by atoms with E-state index < -0.39 is 11.0 Å². The Morgan fingerprint density at radius 1 is 1.13 bits per heavy atom. The number of carbonyl (C=O) groups excluding carboxylic acids is 1. The Balaban J connectivity index is 1.89. The molecule has 2 N–H and O–H groups in total. The molecular weight excluding hydrogens is 341 g/mol. The van der Waals surface area contributed by atoms with Crippen molar-refractivity contribution in [1.29, 1.82) is 0 Å².